The molecule has 0 aliphatic rings. The Morgan fingerprint density at radius 1 is 1.20 bits per heavy atom. The van der Waals surface area contributed by atoms with Crippen LogP contribution in [0, 0.1) is 0 Å². The molecule has 3 nitrogen and oxygen atoms in total. The highest BCUT2D eigenvalue weighted by molar-refractivity contribution is 6.30. The predicted molar refractivity (Wildman–Crippen MR) is 60.0 cm³/mol. The summed E-state index contributed by atoms with van der Waals surface area (Å²) in [6, 6.07) is 9.71. The van der Waals surface area contributed by atoms with Crippen LogP contribution in [0.1, 0.15) is 0 Å². The molecule has 1 N–H and O–H groups in total. The van der Waals surface area contributed by atoms with E-state index in [4.69, 9.17) is 11.6 Å². The zero-order valence-corrected chi connectivity index (χ0v) is 8.57. The van der Waals surface area contributed by atoms with Crippen LogP contribution < -0.4 is 0 Å². The summed E-state index contributed by atoms with van der Waals surface area (Å²) in [4.78, 5) is 4.19. The largest absolute Gasteiger partial charge is 0.292 e. The lowest BCUT2D eigenvalue weighted by molar-refractivity contribution is 0.978. The molecule has 2 heterocycles. The van der Waals surface area contributed by atoms with E-state index >= 15 is 0 Å². The van der Waals surface area contributed by atoms with Gasteiger partial charge in [-0.15, -0.1) is 0 Å². The first-order valence-corrected chi connectivity index (χ1v) is 4.99. The molecule has 0 aliphatic heterocycles. The van der Waals surface area contributed by atoms with E-state index in [1.54, 1.807) is 6.20 Å². The van der Waals surface area contributed by atoms with Crippen molar-refractivity contribution >= 4 is 17.2 Å². The Labute approximate surface area is 91.3 Å². The number of hydrogen-bond acceptors (Lipinski definition) is 1. The van der Waals surface area contributed by atoms with Crippen molar-refractivity contribution in [3.8, 4) is 11.3 Å². The second-order valence-electron chi connectivity index (χ2n) is 3.33. The van der Waals surface area contributed by atoms with Crippen molar-refractivity contribution < 1.29 is 0 Å². The number of aromatic nitrogens is 3. The smallest absolute Gasteiger partial charge is 0.153 e. The third-order valence-electron chi connectivity index (χ3n) is 2.34. The number of hydrogen-bond donors (Lipinski definition) is 1. The van der Waals surface area contributed by atoms with Gasteiger partial charge in [-0.05, 0) is 17.7 Å². The van der Waals surface area contributed by atoms with Crippen LogP contribution in [0.25, 0.3) is 16.9 Å². The highest BCUT2D eigenvalue weighted by Gasteiger charge is 2.02. The van der Waals surface area contributed by atoms with Gasteiger partial charge in [0.05, 0.1) is 5.69 Å². The molecule has 1 aromatic carbocycles. The monoisotopic (exact) mass is 217 g/mol. The Kier molecular flexibility index (Phi) is 1.79. The van der Waals surface area contributed by atoms with E-state index in [0.717, 1.165) is 21.9 Å². The van der Waals surface area contributed by atoms with Gasteiger partial charge in [0.15, 0.2) is 5.65 Å². The van der Waals surface area contributed by atoms with Gasteiger partial charge in [-0.25, -0.2) is 9.50 Å². The minimum Gasteiger partial charge on any atom is -0.292 e. The standard InChI is InChI=1S/C11H8ClN3/c12-9-3-1-8(2-4-9)10-7-11-13-5-6-15(11)14-10/h1-7,14H. The highest BCUT2D eigenvalue weighted by atomic mass is 35.5. The van der Waals surface area contributed by atoms with Gasteiger partial charge in [-0.1, -0.05) is 23.7 Å². The number of benzene rings is 1. The minimum absolute atomic E-state index is 0.745. The molecule has 0 aliphatic carbocycles. The van der Waals surface area contributed by atoms with E-state index in [-0.39, 0.29) is 0 Å². The van der Waals surface area contributed by atoms with Crippen molar-refractivity contribution in [2.75, 3.05) is 0 Å². The number of imidazole rings is 1. The van der Waals surface area contributed by atoms with Gasteiger partial charge in [0.1, 0.15) is 0 Å². The molecule has 3 aromatic rings. The molecule has 2 aromatic heterocycles. The number of nitrogens with one attached hydrogen (secondary N) is 1. The van der Waals surface area contributed by atoms with Gasteiger partial charge in [0.2, 0.25) is 0 Å². The quantitative estimate of drug-likeness (QED) is 0.668. The number of fused-ring (bicyclic) bond motifs is 1. The summed E-state index contributed by atoms with van der Waals surface area (Å²) in [7, 11) is 0. The number of aromatic amines is 1. The molecule has 0 amide bonds. The Morgan fingerprint density at radius 2 is 2.00 bits per heavy atom. The molecule has 0 unspecified atom stereocenters. The number of rotatable bonds is 1. The summed E-state index contributed by atoms with van der Waals surface area (Å²) < 4.78 is 1.88. The third kappa shape index (κ3) is 1.41. The van der Waals surface area contributed by atoms with Crippen LogP contribution >= 0.6 is 11.6 Å². The fraction of sp³-hybridized carbons (Fsp3) is 0. The molecule has 15 heavy (non-hydrogen) atoms. The third-order valence-corrected chi connectivity index (χ3v) is 2.59. The first-order chi connectivity index (χ1) is 7.33. The molecular formula is C11H8ClN3. The number of halogens is 1. The summed E-state index contributed by atoms with van der Waals surface area (Å²) in [5.41, 5.74) is 3.06. The summed E-state index contributed by atoms with van der Waals surface area (Å²) >= 11 is 5.83. The Morgan fingerprint density at radius 3 is 2.73 bits per heavy atom. The Bertz CT molecular complexity index is 563. The number of nitrogens with zero attached hydrogens (tertiary/aromatic N) is 2. The SMILES string of the molecule is Clc1ccc(-c2cc3nccn3[nH]2)cc1. The second-order valence-corrected chi connectivity index (χ2v) is 3.77. The van der Waals surface area contributed by atoms with Crippen molar-refractivity contribution in [2.45, 2.75) is 0 Å². The molecule has 74 valence electrons. The van der Waals surface area contributed by atoms with Crippen molar-refractivity contribution in [3.63, 3.8) is 0 Å². The zero-order valence-electron chi connectivity index (χ0n) is 7.81. The van der Waals surface area contributed by atoms with Gasteiger partial charge in [-0.2, -0.15) is 0 Å². The molecule has 3 rings (SSSR count). The summed E-state index contributed by atoms with van der Waals surface area (Å²) in [5, 5.41) is 3.97. The summed E-state index contributed by atoms with van der Waals surface area (Å²) in [5.74, 6) is 0. The maximum Gasteiger partial charge on any atom is 0.153 e. The summed E-state index contributed by atoms with van der Waals surface area (Å²) in [6.45, 7) is 0. The lowest BCUT2D eigenvalue weighted by Crippen LogP contribution is -1.81. The molecular weight excluding hydrogens is 210 g/mol. The fourth-order valence-electron chi connectivity index (χ4n) is 1.58. The molecule has 0 saturated carbocycles. The normalized spacial score (nSPS) is 11.0. The van der Waals surface area contributed by atoms with E-state index < -0.39 is 0 Å². The van der Waals surface area contributed by atoms with E-state index in [0.29, 0.717) is 0 Å². The van der Waals surface area contributed by atoms with Gasteiger partial charge >= 0.3 is 0 Å². The topological polar surface area (TPSA) is 33.1 Å². The lowest BCUT2D eigenvalue weighted by Gasteiger charge is -1.96. The predicted octanol–water partition coefficient (Wildman–Crippen LogP) is 2.98. The van der Waals surface area contributed by atoms with Crippen LogP contribution in [-0.2, 0) is 0 Å². The van der Waals surface area contributed by atoms with Crippen LogP contribution in [0.15, 0.2) is 42.7 Å². The first kappa shape index (κ1) is 8.56. The van der Waals surface area contributed by atoms with Crippen molar-refractivity contribution in [1.82, 2.24) is 14.6 Å². The Balaban J connectivity index is 2.13. The van der Waals surface area contributed by atoms with Crippen molar-refractivity contribution in [1.29, 1.82) is 0 Å². The highest BCUT2D eigenvalue weighted by Crippen LogP contribution is 2.20. The van der Waals surface area contributed by atoms with Gasteiger partial charge in [0, 0.05) is 23.5 Å². The van der Waals surface area contributed by atoms with E-state index in [1.165, 1.54) is 0 Å². The second kappa shape index (κ2) is 3.14. The molecule has 0 radical (unpaired) electrons. The molecule has 0 bridgehead atoms. The maximum atomic E-state index is 5.83. The van der Waals surface area contributed by atoms with Crippen LogP contribution in [0.5, 0.6) is 0 Å². The number of H-pyrrole nitrogens is 1. The van der Waals surface area contributed by atoms with Gasteiger partial charge < -0.3 is 0 Å². The van der Waals surface area contributed by atoms with E-state index in [9.17, 15) is 0 Å². The van der Waals surface area contributed by atoms with Crippen LogP contribution in [0.4, 0.5) is 0 Å². The van der Waals surface area contributed by atoms with E-state index in [2.05, 4.69) is 10.1 Å². The molecule has 4 heteroatoms. The molecule has 0 spiro atoms. The zero-order chi connectivity index (χ0) is 10.3. The van der Waals surface area contributed by atoms with E-state index in [1.807, 2.05) is 41.0 Å². The average Bonchev–Trinajstić information content (AvgIpc) is 2.78. The van der Waals surface area contributed by atoms with Crippen LogP contribution in [-0.4, -0.2) is 14.6 Å². The minimum atomic E-state index is 0.745. The first-order valence-electron chi connectivity index (χ1n) is 4.61. The van der Waals surface area contributed by atoms with Crippen LogP contribution in [0.2, 0.25) is 5.02 Å². The molecule has 0 atom stereocenters. The lowest BCUT2D eigenvalue weighted by atomic mass is 10.2. The summed E-state index contributed by atoms with van der Waals surface area (Å²) in [6.07, 6.45) is 3.65. The fourth-order valence-corrected chi connectivity index (χ4v) is 1.71. The van der Waals surface area contributed by atoms with Crippen molar-refractivity contribution in [3.05, 3.63) is 47.7 Å². The van der Waals surface area contributed by atoms with Crippen LogP contribution in [0.3, 0.4) is 0 Å². The Hall–Kier alpha value is -1.74. The maximum absolute atomic E-state index is 5.83. The molecule has 0 fully saturated rings. The van der Waals surface area contributed by atoms with Gasteiger partial charge in [0.25, 0.3) is 0 Å². The van der Waals surface area contributed by atoms with Gasteiger partial charge in [-0.3, -0.25) is 5.10 Å². The van der Waals surface area contributed by atoms with Crippen molar-refractivity contribution in [2.24, 2.45) is 0 Å². The molecule has 0 saturated heterocycles. The average molecular weight is 218 g/mol.